The molecule has 2 aromatic rings. The molecular formula is C19H17N2O4-. The van der Waals surface area contributed by atoms with Crippen molar-refractivity contribution in [3.63, 3.8) is 0 Å². The molecule has 0 fully saturated rings. The topological polar surface area (TPSA) is 93.0 Å². The Morgan fingerprint density at radius 1 is 1.08 bits per heavy atom. The third-order valence-corrected chi connectivity index (χ3v) is 4.11. The van der Waals surface area contributed by atoms with E-state index in [1.807, 2.05) is 30.3 Å². The maximum Gasteiger partial charge on any atom is 0.243 e. The van der Waals surface area contributed by atoms with Crippen molar-refractivity contribution < 1.29 is 19.8 Å². The molecule has 0 saturated carbocycles. The number of nitrogens with zero attached hydrogens (tertiary/aromatic N) is 2. The summed E-state index contributed by atoms with van der Waals surface area (Å²) in [5.41, 5.74) is 2.19. The van der Waals surface area contributed by atoms with Gasteiger partial charge in [-0.05, 0) is 18.1 Å². The maximum atomic E-state index is 12.5. The smallest absolute Gasteiger partial charge is 0.243 e. The number of hydrazone groups is 1. The highest BCUT2D eigenvalue weighted by Gasteiger charge is 2.34. The summed E-state index contributed by atoms with van der Waals surface area (Å²) in [5.74, 6) is -1.61. The van der Waals surface area contributed by atoms with E-state index in [0.717, 1.165) is 11.3 Å². The zero-order valence-corrected chi connectivity index (χ0v) is 13.5. The van der Waals surface area contributed by atoms with Crippen LogP contribution in [-0.2, 0) is 9.59 Å². The average molecular weight is 337 g/mol. The molecule has 0 unspecified atom stereocenters. The molecule has 0 saturated heterocycles. The molecule has 1 atom stereocenters. The number of para-hydroxylation sites is 1. The molecule has 1 aliphatic heterocycles. The Labute approximate surface area is 145 Å². The van der Waals surface area contributed by atoms with E-state index in [2.05, 4.69) is 5.10 Å². The maximum absolute atomic E-state index is 12.5. The van der Waals surface area contributed by atoms with E-state index in [1.54, 1.807) is 24.3 Å². The lowest BCUT2D eigenvalue weighted by Crippen LogP contribution is -2.29. The summed E-state index contributed by atoms with van der Waals surface area (Å²) in [6, 6.07) is 15.8. The predicted molar refractivity (Wildman–Crippen MR) is 89.5 cm³/mol. The van der Waals surface area contributed by atoms with Crippen molar-refractivity contribution in [3.05, 3.63) is 65.7 Å². The summed E-state index contributed by atoms with van der Waals surface area (Å²) in [6.45, 7) is 0. The number of aliphatic carboxylic acids is 1. The molecule has 1 aliphatic rings. The first-order valence-corrected chi connectivity index (χ1v) is 7.99. The van der Waals surface area contributed by atoms with E-state index in [9.17, 15) is 19.8 Å². The molecule has 0 bridgehead atoms. The Kier molecular flexibility index (Phi) is 4.79. The lowest BCUT2D eigenvalue weighted by molar-refractivity contribution is -0.305. The quantitative estimate of drug-likeness (QED) is 0.897. The van der Waals surface area contributed by atoms with Crippen LogP contribution in [0.4, 0.5) is 0 Å². The number of carbonyl (C=O) groups excluding carboxylic acids is 2. The number of hydrogen-bond acceptors (Lipinski definition) is 5. The van der Waals surface area contributed by atoms with Crippen molar-refractivity contribution in [1.29, 1.82) is 0 Å². The van der Waals surface area contributed by atoms with E-state index >= 15 is 0 Å². The molecule has 1 amide bonds. The lowest BCUT2D eigenvalue weighted by Gasteiger charge is -2.22. The highest BCUT2D eigenvalue weighted by molar-refractivity contribution is 6.03. The Balaban J connectivity index is 1.92. The van der Waals surface area contributed by atoms with Crippen LogP contribution in [0.2, 0.25) is 0 Å². The minimum absolute atomic E-state index is 0.0784. The van der Waals surface area contributed by atoms with Gasteiger partial charge in [-0.15, -0.1) is 0 Å². The van der Waals surface area contributed by atoms with Crippen LogP contribution in [0.15, 0.2) is 59.7 Å². The van der Waals surface area contributed by atoms with Crippen molar-refractivity contribution in [2.75, 3.05) is 0 Å². The van der Waals surface area contributed by atoms with Crippen molar-refractivity contribution in [3.8, 4) is 5.75 Å². The van der Waals surface area contributed by atoms with E-state index in [4.69, 9.17) is 0 Å². The fourth-order valence-electron chi connectivity index (χ4n) is 2.88. The highest BCUT2D eigenvalue weighted by atomic mass is 16.4. The van der Waals surface area contributed by atoms with Crippen LogP contribution in [0.3, 0.4) is 0 Å². The molecule has 6 nitrogen and oxygen atoms in total. The number of rotatable bonds is 5. The van der Waals surface area contributed by atoms with Gasteiger partial charge in [0.05, 0.1) is 11.8 Å². The van der Waals surface area contributed by atoms with Crippen molar-refractivity contribution in [2.24, 2.45) is 5.10 Å². The number of phenolic OH excluding ortho intramolecular Hbond substituents is 1. The fourth-order valence-corrected chi connectivity index (χ4v) is 2.88. The van der Waals surface area contributed by atoms with Crippen LogP contribution >= 0.6 is 0 Å². The Morgan fingerprint density at radius 2 is 1.76 bits per heavy atom. The third kappa shape index (κ3) is 3.68. The molecule has 128 valence electrons. The zero-order valence-electron chi connectivity index (χ0n) is 13.5. The normalized spacial score (nSPS) is 16.6. The first kappa shape index (κ1) is 16.7. The van der Waals surface area contributed by atoms with Crippen LogP contribution < -0.4 is 5.11 Å². The van der Waals surface area contributed by atoms with E-state index in [0.29, 0.717) is 12.0 Å². The van der Waals surface area contributed by atoms with Crippen LogP contribution in [-0.4, -0.2) is 27.7 Å². The number of phenols is 1. The summed E-state index contributed by atoms with van der Waals surface area (Å²) in [5, 5.41) is 26.5. The molecule has 25 heavy (non-hydrogen) atoms. The highest BCUT2D eigenvalue weighted by Crippen LogP contribution is 2.37. The van der Waals surface area contributed by atoms with Gasteiger partial charge in [0.2, 0.25) is 5.91 Å². The van der Waals surface area contributed by atoms with Crippen molar-refractivity contribution >= 4 is 17.6 Å². The van der Waals surface area contributed by atoms with Gasteiger partial charge in [0.1, 0.15) is 5.75 Å². The minimum Gasteiger partial charge on any atom is -0.550 e. The second-order valence-electron chi connectivity index (χ2n) is 5.80. The monoisotopic (exact) mass is 337 g/mol. The van der Waals surface area contributed by atoms with Gasteiger partial charge in [-0.1, -0.05) is 48.5 Å². The Bertz CT molecular complexity index is 817. The first-order valence-electron chi connectivity index (χ1n) is 7.99. The molecule has 0 radical (unpaired) electrons. The van der Waals surface area contributed by atoms with Gasteiger partial charge in [-0.3, -0.25) is 4.79 Å². The van der Waals surface area contributed by atoms with Crippen LogP contribution in [0.1, 0.15) is 36.4 Å². The lowest BCUT2D eigenvalue weighted by atomic mass is 9.97. The molecule has 1 N–H and O–H groups in total. The summed E-state index contributed by atoms with van der Waals surface area (Å²) in [7, 11) is 0. The zero-order chi connectivity index (χ0) is 17.8. The summed E-state index contributed by atoms with van der Waals surface area (Å²) < 4.78 is 0. The number of carboxylic acid groups (broad SMARTS) is 1. The number of aromatic hydroxyl groups is 1. The fraction of sp³-hybridized carbons (Fsp3) is 0.211. The Hall–Kier alpha value is -3.15. The van der Waals surface area contributed by atoms with Gasteiger partial charge < -0.3 is 15.0 Å². The van der Waals surface area contributed by atoms with Crippen molar-refractivity contribution in [1.82, 2.24) is 5.01 Å². The van der Waals surface area contributed by atoms with Crippen molar-refractivity contribution in [2.45, 2.75) is 25.3 Å². The van der Waals surface area contributed by atoms with Crippen LogP contribution in [0.25, 0.3) is 0 Å². The third-order valence-electron chi connectivity index (χ3n) is 4.11. The molecule has 6 heteroatoms. The molecular weight excluding hydrogens is 320 g/mol. The first-order chi connectivity index (χ1) is 12.1. The Morgan fingerprint density at radius 3 is 2.44 bits per heavy atom. The average Bonchev–Trinajstić information content (AvgIpc) is 3.06. The standard InChI is InChI=1S/C19H18N2O4/c22-17-9-5-4-8-14(17)16-12-15(13-6-2-1-3-7-13)20-21(16)18(23)10-11-19(24)25/h1-9,16,22H,10-12H2,(H,24,25)/p-1/t16-/m0/s1. The summed E-state index contributed by atoms with van der Waals surface area (Å²) in [4.78, 5) is 23.1. The van der Waals surface area contributed by atoms with E-state index in [-0.39, 0.29) is 18.6 Å². The van der Waals surface area contributed by atoms with Gasteiger partial charge in [-0.25, -0.2) is 5.01 Å². The molecule has 0 aliphatic carbocycles. The number of carbonyl (C=O) groups is 2. The molecule has 3 rings (SSSR count). The number of benzene rings is 2. The number of hydrogen-bond donors (Lipinski definition) is 1. The number of amides is 1. The predicted octanol–water partition coefficient (Wildman–Crippen LogP) is 1.60. The molecule has 2 aromatic carbocycles. The molecule has 0 aromatic heterocycles. The van der Waals surface area contributed by atoms with Crippen LogP contribution in [0.5, 0.6) is 5.75 Å². The largest absolute Gasteiger partial charge is 0.550 e. The van der Waals surface area contributed by atoms with Gasteiger partial charge in [0.15, 0.2) is 0 Å². The second-order valence-corrected chi connectivity index (χ2v) is 5.80. The summed E-state index contributed by atoms with van der Waals surface area (Å²) in [6.07, 6.45) is -0.115. The SMILES string of the molecule is O=C([O-])CCC(=O)N1N=C(c2ccccc2)C[C@H]1c1ccccc1O. The second kappa shape index (κ2) is 7.17. The number of carboxylic acids is 1. The van der Waals surface area contributed by atoms with E-state index < -0.39 is 17.9 Å². The molecule has 1 heterocycles. The van der Waals surface area contributed by atoms with E-state index in [1.165, 1.54) is 5.01 Å². The summed E-state index contributed by atoms with van der Waals surface area (Å²) >= 11 is 0. The molecule has 0 spiro atoms. The van der Waals surface area contributed by atoms with Crippen LogP contribution in [0, 0.1) is 0 Å². The van der Waals surface area contributed by atoms with Gasteiger partial charge >= 0.3 is 0 Å². The van der Waals surface area contributed by atoms with Gasteiger partial charge in [-0.2, -0.15) is 5.10 Å². The minimum atomic E-state index is -1.28. The van der Waals surface area contributed by atoms with Gasteiger partial charge in [0.25, 0.3) is 0 Å². The van der Waals surface area contributed by atoms with Gasteiger partial charge in [0, 0.05) is 24.4 Å².